The quantitative estimate of drug-likeness (QED) is 0.784. The number of rotatable bonds is 4. The third-order valence-corrected chi connectivity index (χ3v) is 5.30. The van der Waals surface area contributed by atoms with Crippen molar-refractivity contribution in [1.29, 1.82) is 0 Å². The van der Waals surface area contributed by atoms with E-state index < -0.39 is 5.41 Å². The third kappa shape index (κ3) is 4.41. The lowest BCUT2D eigenvalue weighted by Gasteiger charge is -2.34. The van der Waals surface area contributed by atoms with Crippen LogP contribution in [0.2, 0.25) is 0 Å². The van der Waals surface area contributed by atoms with Gasteiger partial charge in [-0.15, -0.1) is 24.8 Å². The number of carbonyl (C=O) groups is 1. The van der Waals surface area contributed by atoms with Crippen molar-refractivity contribution in [2.75, 3.05) is 31.7 Å². The van der Waals surface area contributed by atoms with E-state index in [2.05, 4.69) is 16.4 Å². The van der Waals surface area contributed by atoms with Gasteiger partial charge >= 0.3 is 0 Å². The Bertz CT molecular complexity index is 826. The van der Waals surface area contributed by atoms with E-state index in [1.165, 1.54) is 5.56 Å². The maximum absolute atomic E-state index is 12.8. The van der Waals surface area contributed by atoms with E-state index in [1.54, 1.807) is 6.07 Å². The molecule has 0 spiro atoms. The van der Waals surface area contributed by atoms with Crippen molar-refractivity contribution in [2.24, 2.45) is 11.1 Å². The van der Waals surface area contributed by atoms with Gasteiger partial charge in [-0.25, -0.2) is 4.98 Å². The summed E-state index contributed by atoms with van der Waals surface area (Å²) in [6.07, 6.45) is 2.19. The zero-order valence-corrected chi connectivity index (χ0v) is 17.1. The first-order chi connectivity index (χ1) is 12.7. The van der Waals surface area contributed by atoms with Crippen LogP contribution in [0.4, 0.5) is 5.82 Å². The molecule has 6 nitrogen and oxygen atoms in total. The number of nitrogens with zero attached hydrogens (tertiary/aromatic N) is 1. The summed E-state index contributed by atoms with van der Waals surface area (Å²) in [5, 5.41) is 2.96. The maximum Gasteiger partial charge on any atom is 0.233 e. The summed E-state index contributed by atoms with van der Waals surface area (Å²) in [5.74, 6) is 1.42. The number of halogens is 2. The Balaban J connectivity index is 0.00000140. The number of nitrogens with one attached hydrogen (secondary N) is 1. The van der Waals surface area contributed by atoms with Gasteiger partial charge < -0.3 is 20.5 Å². The van der Waals surface area contributed by atoms with Gasteiger partial charge in [0.05, 0.1) is 17.7 Å². The Hall–Kier alpha value is -1.86. The van der Waals surface area contributed by atoms with E-state index in [9.17, 15) is 4.79 Å². The Morgan fingerprint density at radius 2 is 1.93 bits per heavy atom. The van der Waals surface area contributed by atoms with Crippen molar-refractivity contribution >= 4 is 36.5 Å². The molecule has 0 saturated carbocycles. The number of hydrogen-bond donors (Lipinski definition) is 2. The Labute approximate surface area is 177 Å². The van der Waals surface area contributed by atoms with E-state index in [1.807, 2.05) is 24.3 Å². The van der Waals surface area contributed by atoms with Gasteiger partial charge in [-0.1, -0.05) is 6.07 Å². The van der Waals surface area contributed by atoms with Crippen molar-refractivity contribution in [2.45, 2.75) is 19.3 Å². The number of pyridine rings is 1. The van der Waals surface area contributed by atoms with Crippen LogP contribution in [0.1, 0.15) is 18.4 Å². The van der Waals surface area contributed by atoms with Crippen LogP contribution >= 0.6 is 24.8 Å². The lowest BCUT2D eigenvalue weighted by atomic mass is 9.79. The Morgan fingerprint density at radius 3 is 2.68 bits per heavy atom. The Kier molecular flexibility index (Phi) is 7.66. The van der Waals surface area contributed by atoms with Gasteiger partial charge in [0.1, 0.15) is 11.6 Å². The summed E-state index contributed by atoms with van der Waals surface area (Å²) in [4.78, 5) is 17.4. The number of ether oxygens (including phenoxy) is 2. The second-order valence-electron chi connectivity index (χ2n) is 6.88. The van der Waals surface area contributed by atoms with E-state index in [0.29, 0.717) is 38.4 Å². The molecule has 152 valence electrons. The number of hydrogen-bond acceptors (Lipinski definition) is 5. The van der Waals surface area contributed by atoms with Gasteiger partial charge in [-0.05, 0) is 48.7 Å². The predicted octanol–water partition coefficient (Wildman–Crippen LogP) is 3.22. The second-order valence-corrected chi connectivity index (χ2v) is 6.88. The molecule has 2 aliphatic heterocycles. The summed E-state index contributed by atoms with van der Waals surface area (Å²) in [7, 11) is 0. The highest BCUT2D eigenvalue weighted by molar-refractivity contribution is 5.95. The molecule has 1 amide bonds. The van der Waals surface area contributed by atoms with Crippen molar-refractivity contribution in [1.82, 2.24) is 4.98 Å². The smallest absolute Gasteiger partial charge is 0.233 e. The van der Waals surface area contributed by atoms with E-state index in [-0.39, 0.29) is 30.7 Å². The average molecular weight is 426 g/mol. The number of anilines is 1. The topological polar surface area (TPSA) is 86.5 Å². The minimum atomic E-state index is -0.569. The number of aromatic nitrogens is 1. The van der Waals surface area contributed by atoms with Gasteiger partial charge in [-0.2, -0.15) is 0 Å². The summed E-state index contributed by atoms with van der Waals surface area (Å²) in [6.45, 7) is 2.17. The van der Waals surface area contributed by atoms with Gasteiger partial charge in [0.2, 0.25) is 5.91 Å². The highest BCUT2D eigenvalue weighted by Gasteiger charge is 2.39. The van der Waals surface area contributed by atoms with Crippen LogP contribution in [0.15, 0.2) is 36.4 Å². The molecule has 28 heavy (non-hydrogen) atoms. The third-order valence-electron chi connectivity index (χ3n) is 5.30. The van der Waals surface area contributed by atoms with Gasteiger partial charge in [-0.3, -0.25) is 4.79 Å². The molecular formula is C20H25Cl2N3O3. The number of benzene rings is 1. The molecular weight excluding hydrogens is 401 g/mol. The average Bonchev–Trinajstić information content (AvgIpc) is 3.16. The first-order valence-corrected chi connectivity index (χ1v) is 9.03. The minimum Gasteiger partial charge on any atom is -0.493 e. The first-order valence-electron chi connectivity index (χ1n) is 9.03. The van der Waals surface area contributed by atoms with E-state index in [4.69, 9.17) is 15.2 Å². The molecule has 0 bridgehead atoms. The molecule has 0 radical (unpaired) electrons. The van der Waals surface area contributed by atoms with Crippen molar-refractivity contribution in [3.63, 3.8) is 0 Å². The van der Waals surface area contributed by atoms with Crippen LogP contribution in [0, 0.1) is 5.41 Å². The van der Waals surface area contributed by atoms with Crippen LogP contribution in [0.3, 0.4) is 0 Å². The zero-order valence-electron chi connectivity index (χ0n) is 15.5. The van der Waals surface area contributed by atoms with Crippen LogP contribution in [-0.2, 0) is 16.0 Å². The standard InChI is InChI=1S/C20H23N3O3.2ClH/c21-13-20(7-10-25-11-8-20)19(24)23-18-3-1-2-16(22-18)14-4-5-17-15(12-14)6-9-26-17;;/h1-5,12H,6-11,13,21H2,(H,22,23,24);2*1H. The molecule has 3 heterocycles. The highest BCUT2D eigenvalue weighted by atomic mass is 35.5. The Morgan fingerprint density at radius 1 is 1.14 bits per heavy atom. The fraction of sp³-hybridized carbons (Fsp3) is 0.400. The van der Waals surface area contributed by atoms with Gasteiger partial charge in [0.25, 0.3) is 0 Å². The molecule has 0 aliphatic carbocycles. The van der Waals surface area contributed by atoms with Crippen molar-refractivity contribution in [3.8, 4) is 17.0 Å². The maximum atomic E-state index is 12.8. The lowest BCUT2D eigenvalue weighted by Crippen LogP contribution is -2.46. The van der Waals surface area contributed by atoms with E-state index in [0.717, 1.165) is 30.0 Å². The van der Waals surface area contributed by atoms with Crippen LogP contribution < -0.4 is 15.8 Å². The molecule has 4 rings (SSSR count). The molecule has 1 aromatic heterocycles. The lowest BCUT2D eigenvalue weighted by molar-refractivity contribution is -0.130. The molecule has 2 aromatic rings. The van der Waals surface area contributed by atoms with Crippen LogP contribution in [0.5, 0.6) is 5.75 Å². The molecule has 3 N–H and O–H groups in total. The van der Waals surface area contributed by atoms with Crippen LogP contribution in [-0.4, -0.2) is 37.3 Å². The zero-order chi connectivity index (χ0) is 18.0. The van der Waals surface area contributed by atoms with Gasteiger partial charge in [0.15, 0.2) is 0 Å². The number of amides is 1. The molecule has 1 aromatic carbocycles. The number of nitrogens with two attached hydrogens (primary N) is 1. The second kappa shape index (κ2) is 9.56. The summed E-state index contributed by atoms with van der Waals surface area (Å²) in [6, 6.07) is 11.7. The molecule has 8 heteroatoms. The largest absolute Gasteiger partial charge is 0.493 e. The summed E-state index contributed by atoms with van der Waals surface area (Å²) in [5.41, 5.74) is 8.39. The van der Waals surface area contributed by atoms with Gasteiger partial charge in [0, 0.05) is 31.7 Å². The van der Waals surface area contributed by atoms with Crippen molar-refractivity contribution < 1.29 is 14.3 Å². The summed E-state index contributed by atoms with van der Waals surface area (Å²) < 4.78 is 10.9. The van der Waals surface area contributed by atoms with Crippen LogP contribution in [0.25, 0.3) is 11.3 Å². The fourth-order valence-electron chi connectivity index (χ4n) is 3.55. The minimum absolute atomic E-state index is 0. The predicted molar refractivity (Wildman–Crippen MR) is 114 cm³/mol. The molecule has 0 unspecified atom stereocenters. The molecule has 1 fully saturated rings. The fourth-order valence-corrected chi connectivity index (χ4v) is 3.55. The SMILES string of the molecule is Cl.Cl.NCC1(C(=O)Nc2cccc(-c3ccc4c(c3)CCO4)n2)CCOCC1. The first kappa shape index (κ1) is 22.4. The van der Waals surface area contributed by atoms with E-state index >= 15 is 0 Å². The normalized spacial score (nSPS) is 16.8. The highest BCUT2D eigenvalue weighted by Crippen LogP contribution is 2.32. The monoisotopic (exact) mass is 425 g/mol. The summed E-state index contributed by atoms with van der Waals surface area (Å²) >= 11 is 0. The molecule has 0 atom stereocenters. The molecule has 1 saturated heterocycles. The number of fused-ring (bicyclic) bond motifs is 1. The molecule has 2 aliphatic rings. The number of carbonyl (C=O) groups excluding carboxylic acids is 1. The van der Waals surface area contributed by atoms with Crippen molar-refractivity contribution in [3.05, 3.63) is 42.0 Å².